The first-order valence-corrected chi connectivity index (χ1v) is 41.6. The van der Waals surface area contributed by atoms with Gasteiger partial charge in [-0.15, -0.1) is 0 Å². The van der Waals surface area contributed by atoms with Crippen LogP contribution < -0.4 is 16.0 Å². The Balaban J connectivity index is 1.41. The first kappa shape index (κ1) is 86.1. The number of carbonyl (C=O) groups is 4. The molecule has 0 heterocycles. The number of aliphatic hydroxyl groups excluding tert-OH is 5. The molecule has 552 valence electrons. The number of Topliss-reactive ketones (excluding diaryl/α,β-unsaturated/α-hetero) is 1. The first-order chi connectivity index (χ1) is 45.9. The highest BCUT2D eigenvalue weighted by Gasteiger charge is 2.36. The average Bonchev–Trinajstić information content (AvgIpc) is 0.893. The van der Waals surface area contributed by atoms with Gasteiger partial charge in [-0.3, -0.25) is 19.2 Å². The molecule has 0 saturated heterocycles. The number of amides is 3. The Labute approximate surface area is 579 Å². The minimum atomic E-state index is -0.679. The minimum Gasteiger partial charge on any atom is -0.396 e. The summed E-state index contributed by atoms with van der Waals surface area (Å²) in [5.74, 6) is 4.29. The van der Waals surface area contributed by atoms with Crippen molar-refractivity contribution in [3.05, 3.63) is 0 Å². The first-order valence-electron chi connectivity index (χ1n) is 41.6. The van der Waals surface area contributed by atoms with Crippen molar-refractivity contribution >= 4 is 23.5 Å². The molecule has 0 bridgehead atoms. The number of hydrogen-bond acceptors (Lipinski definition) is 9. The van der Waals surface area contributed by atoms with Crippen LogP contribution in [0.1, 0.15) is 419 Å². The van der Waals surface area contributed by atoms with Crippen molar-refractivity contribution in [3.63, 3.8) is 0 Å². The van der Waals surface area contributed by atoms with Crippen LogP contribution in [-0.2, 0) is 19.2 Å². The Morgan fingerprint density at radius 3 is 0.915 bits per heavy atom. The van der Waals surface area contributed by atoms with Gasteiger partial charge in [-0.05, 0) is 126 Å². The van der Waals surface area contributed by atoms with Gasteiger partial charge in [0.2, 0.25) is 17.7 Å². The summed E-state index contributed by atoms with van der Waals surface area (Å²) < 4.78 is 0. The monoisotopic (exact) mass is 1330 g/mol. The maximum absolute atomic E-state index is 13.5. The zero-order valence-corrected chi connectivity index (χ0v) is 61.8. The molecule has 0 radical (unpaired) electrons. The standard InChI is InChI=1S/C82H155N3O9/c1-4-7-10-13-18-30-47-67-64-69(49-32-24-26-34-52-72(87)66-71-51-42-43-53-73(71)83-80(92)60-39-22-15-20-36-58-78(90)79(91)59-38-28-29-46-63-86)70(65-68(67)48-31-19-14-11-8-5-2)50-33-25-27-41-62-82(94)85-75-55-45-44-54-74(75)84-81(93)61-40-23-16-21-37-57-77(89)76(88)56-35-17-12-9-6-3/h67-71,73-79,86,88-91H,4-66H2,1-3H3,(H,83,92)(H,84,93)(H,85,94)/t67?,68?,69?,70?,71-,73-,74+,75-,76?,77?,78?,79?/m0/s1. The van der Waals surface area contributed by atoms with E-state index >= 15 is 0 Å². The fourth-order valence-corrected chi connectivity index (χ4v) is 16.7. The van der Waals surface area contributed by atoms with Gasteiger partial charge in [-0.2, -0.15) is 0 Å². The van der Waals surface area contributed by atoms with Gasteiger partial charge in [0.25, 0.3) is 0 Å². The number of unbranched alkanes of at least 4 members (excludes halogenated alkanes) is 31. The molecule has 0 aromatic carbocycles. The van der Waals surface area contributed by atoms with Crippen LogP contribution >= 0.6 is 0 Å². The summed E-state index contributed by atoms with van der Waals surface area (Å²) in [6.07, 6.45) is 63.6. The van der Waals surface area contributed by atoms with Crippen LogP contribution in [0.2, 0.25) is 0 Å². The van der Waals surface area contributed by atoms with Gasteiger partial charge < -0.3 is 41.5 Å². The van der Waals surface area contributed by atoms with Crippen LogP contribution in [0, 0.1) is 29.6 Å². The van der Waals surface area contributed by atoms with Crippen molar-refractivity contribution in [1.29, 1.82) is 0 Å². The third kappa shape index (κ3) is 43.4. The van der Waals surface area contributed by atoms with Crippen molar-refractivity contribution in [2.75, 3.05) is 6.61 Å². The van der Waals surface area contributed by atoms with E-state index in [0.717, 1.165) is 203 Å². The second kappa shape index (κ2) is 58.7. The highest BCUT2D eigenvalue weighted by atomic mass is 16.3. The lowest BCUT2D eigenvalue weighted by atomic mass is 9.63. The molecule has 3 amide bonds. The number of aliphatic hydroxyl groups is 5. The van der Waals surface area contributed by atoms with Gasteiger partial charge in [0.05, 0.1) is 24.4 Å². The molecular weight excluding hydrogens is 1170 g/mol. The molecule has 94 heavy (non-hydrogen) atoms. The quantitative estimate of drug-likeness (QED) is 0.0272. The number of hydrogen-bond donors (Lipinski definition) is 8. The van der Waals surface area contributed by atoms with Crippen LogP contribution in [0.4, 0.5) is 0 Å². The Morgan fingerprint density at radius 1 is 0.309 bits per heavy atom. The summed E-state index contributed by atoms with van der Waals surface area (Å²) in [7, 11) is 0. The van der Waals surface area contributed by atoms with E-state index in [1.807, 2.05) is 0 Å². The third-order valence-electron chi connectivity index (χ3n) is 22.8. The highest BCUT2D eigenvalue weighted by Crippen LogP contribution is 2.47. The zero-order valence-electron chi connectivity index (χ0n) is 61.8. The summed E-state index contributed by atoms with van der Waals surface area (Å²) in [5, 5.41) is 60.4. The predicted octanol–water partition coefficient (Wildman–Crippen LogP) is 19.8. The minimum absolute atomic E-state index is 0.00613. The lowest BCUT2D eigenvalue weighted by molar-refractivity contribution is -0.125. The molecule has 0 aliphatic heterocycles. The van der Waals surface area contributed by atoms with E-state index in [4.69, 9.17) is 5.11 Å². The van der Waals surface area contributed by atoms with Crippen molar-refractivity contribution in [2.24, 2.45) is 29.6 Å². The topological polar surface area (TPSA) is 206 Å². The Hall–Kier alpha value is -2.12. The summed E-state index contributed by atoms with van der Waals surface area (Å²) in [5.41, 5.74) is 0. The van der Waals surface area contributed by atoms with E-state index in [1.165, 1.54) is 161 Å². The lowest BCUT2D eigenvalue weighted by Crippen LogP contribution is -2.53. The van der Waals surface area contributed by atoms with E-state index < -0.39 is 24.4 Å². The second-order valence-electron chi connectivity index (χ2n) is 31.1. The van der Waals surface area contributed by atoms with Gasteiger partial charge in [0.15, 0.2) is 0 Å². The summed E-state index contributed by atoms with van der Waals surface area (Å²) in [6.45, 7) is 7.04. The largest absolute Gasteiger partial charge is 0.396 e. The second-order valence-corrected chi connectivity index (χ2v) is 31.1. The molecule has 0 aromatic rings. The molecule has 0 aromatic heterocycles. The highest BCUT2D eigenvalue weighted by molar-refractivity contribution is 5.79. The molecule has 12 atom stereocenters. The molecule has 8 N–H and O–H groups in total. The van der Waals surface area contributed by atoms with Crippen molar-refractivity contribution in [3.8, 4) is 0 Å². The fourth-order valence-electron chi connectivity index (χ4n) is 16.7. The Kier molecular flexibility index (Phi) is 53.7. The van der Waals surface area contributed by atoms with Gasteiger partial charge in [0, 0.05) is 56.8 Å². The summed E-state index contributed by atoms with van der Waals surface area (Å²) >= 11 is 0. The normalized spacial score (nSPS) is 22.2. The Bertz CT molecular complexity index is 1680. The number of carbonyl (C=O) groups excluding carboxylic acids is 4. The van der Waals surface area contributed by atoms with Crippen molar-refractivity contribution in [2.45, 2.75) is 461 Å². The molecule has 3 aliphatic rings. The van der Waals surface area contributed by atoms with Crippen molar-refractivity contribution in [1.82, 2.24) is 16.0 Å². The molecule has 0 spiro atoms. The molecule has 12 nitrogen and oxygen atoms in total. The van der Waals surface area contributed by atoms with Gasteiger partial charge in [-0.1, -0.05) is 290 Å². The molecule has 3 rings (SSSR count). The van der Waals surface area contributed by atoms with Gasteiger partial charge >= 0.3 is 0 Å². The smallest absolute Gasteiger partial charge is 0.220 e. The Morgan fingerprint density at radius 2 is 0.574 bits per heavy atom. The van der Waals surface area contributed by atoms with Crippen LogP contribution in [-0.4, -0.2) is 98.2 Å². The molecule has 8 unspecified atom stereocenters. The molecule has 3 saturated carbocycles. The number of ketones is 1. The molecular formula is C82H155N3O9. The van der Waals surface area contributed by atoms with E-state index in [0.29, 0.717) is 63.6 Å². The molecule has 3 fully saturated rings. The van der Waals surface area contributed by atoms with E-state index in [2.05, 4.69) is 36.7 Å². The number of nitrogens with one attached hydrogen (secondary N) is 3. The molecule has 12 heteroatoms. The SMILES string of the molecule is CCCCCCCCC1CC(CCCCCCC(=O)C[C@@H]2CCCC[C@@H]2NC(=O)CCCCCCCC(O)C(O)CCCCCCO)C(CCCCCCC(=O)N[C@H]2CCCC[C@H]2NC(=O)CCCCCCCC(O)C(O)CCCCCCC)CC1CCCCCCCC. The maximum Gasteiger partial charge on any atom is 0.220 e. The third-order valence-corrected chi connectivity index (χ3v) is 22.8. The zero-order chi connectivity index (χ0) is 67.9. The van der Waals surface area contributed by atoms with Crippen LogP contribution in [0.3, 0.4) is 0 Å². The van der Waals surface area contributed by atoms with Crippen LogP contribution in [0.5, 0.6) is 0 Å². The van der Waals surface area contributed by atoms with E-state index in [1.54, 1.807) is 0 Å². The maximum atomic E-state index is 13.5. The van der Waals surface area contributed by atoms with E-state index in [9.17, 15) is 39.6 Å². The molecule has 3 aliphatic carbocycles. The lowest BCUT2D eigenvalue weighted by Gasteiger charge is -2.42. The number of rotatable bonds is 63. The summed E-state index contributed by atoms with van der Waals surface area (Å²) in [6, 6.07) is 0.122. The average molecular weight is 1330 g/mol. The van der Waals surface area contributed by atoms with Crippen LogP contribution in [0.15, 0.2) is 0 Å². The van der Waals surface area contributed by atoms with E-state index in [-0.39, 0.29) is 48.4 Å². The van der Waals surface area contributed by atoms with Gasteiger partial charge in [0.1, 0.15) is 5.78 Å². The van der Waals surface area contributed by atoms with Crippen LogP contribution in [0.25, 0.3) is 0 Å². The fraction of sp³-hybridized carbons (Fsp3) is 0.951. The van der Waals surface area contributed by atoms with Crippen molar-refractivity contribution < 1.29 is 44.7 Å². The summed E-state index contributed by atoms with van der Waals surface area (Å²) in [4.78, 5) is 53.2. The predicted molar refractivity (Wildman–Crippen MR) is 393 cm³/mol. The van der Waals surface area contributed by atoms with Gasteiger partial charge in [-0.25, -0.2) is 0 Å².